The molecule has 0 aliphatic carbocycles. The second kappa shape index (κ2) is 7.14. The van der Waals surface area contributed by atoms with Crippen LogP contribution in [0.25, 0.3) is 0 Å². The van der Waals surface area contributed by atoms with Crippen molar-refractivity contribution in [3.63, 3.8) is 0 Å². The highest BCUT2D eigenvalue weighted by Crippen LogP contribution is 2.34. The Bertz CT molecular complexity index is 704. The van der Waals surface area contributed by atoms with Crippen molar-refractivity contribution in [3.8, 4) is 0 Å². The number of carbonyl (C=O) groups is 1. The molecule has 0 aromatic heterocycles. The van der Waals surface area contributed by atoms with E-state index in [1.807, 2.05) is 23.1 Å². The van der Waals surface area contributed by atoms with E-state index in [1.54, 1.807) is 12.1 Å². The topological polar surface area (TPSA) is 40.5 Å². The lowest BCUT2D eigenvalue weighted by molar-refractivity contribution is -0.134. The molecule has 2 aromatic rings. The number of amides is 1. The van der Waals surface area contributed by atoms with Crippen LogP contribution in [-0.2, 0) is 4.79 Å². The first-order valence-corrected chi connectivity index (χ1v) is 8.34. The van der Waals surface area contributed by atoms with E-state index in [1.165, 1.54) is 17.7 Å². The molecule has 1 aliphatic rings. The third kappa shape index (κ3) is 3.49. The van der Waals surface area contributed by atoms with Crippen molar-refractivity contribution in [1.29, 1.82) is 0 Å². The van der Waals surface area contributed by atoms with E-state index in [0.717, 1.165) is 6.42 Å². The molecule has 1 saturated heterocycles. The molecular formula is C20H22FNO2. The number of aliphatic hydroxyl groups excluding tert-OH is 1. The number of aliphatic hydroxyl groups is 1. The quantitative estimate of drug-likeness (QED) is 0.931. The molecule has 0 spiro atoms. The van der Waals surface area contributed by atoms with Crippen molar-refractivity contribution in [2.75, 3.05) is 6.54 Å². The zero-order chi connectivity index (χ0) is 17.1. The number of benzene rings is 2. The van der Waals surface area contributed by atoms with Gasteiger partial charge < -0.3 is 10.0 Å². The maximum Gasteiger partial charge on any atom is 0.225 e. The van der Waals surface area contributed by atoms with Gasteiger partial charge >= 0.3 is 0 Å². The molecule has 1 aliphatic heterocycles. The summed E-state index contributed by atoms with van der Waals surface area (Å²) < 4.78 is 13.3. The number of hydrogen-bond donors (Lipinski definition) is 1. The van der Waals surface area contributed by atoms with E-state index in [2.05, 4.69) is 19.1 Å². The molecule has 3 nitrogen and oxygen atoms in total. The first-order chi connectivity index (χ1) is 11.6. The first-order valence-electron chi connectivity index (χ1n) is 8.34. The zero-order valence-electron chi connectivity index (χ0n) is 13.7. The fourth-order valence-corrected chi connectivity index (χ4v) is 3.55. The predicted molar refractivity (Wildman–Crippen MR) is 91.0 cm³/mol. The van der Waals surface area contributed by atoms with Gasteiger partial charge in [-0.3, -0.25) is 4.79 Å². The molecule has 0 bridgehead atoms. The highest BCUT2D eigenvalue weighted by Gasteiger charge is 2.35. The molecule has 4 heteroatoms. The van der Waals surface area contributed by atoms with Crippen LogP contribution in [0, 0.1) is 5.82 Å². The Balaban J connectivity index is 1.65. The van der Waals surface area contributed by atoms with Gasteiger partial charge in [0.05, 0.1) is 12.5 Å². The third-order valence-corrected chi connectivity index (χ3v) is 4.90. The Morgan fingerprint density at radius 1 is 1.25 bits per heavy atom. The summed E-state index contributed by atoms with van der Waals surface area (Å²) >= 11 is 0. The van der Waals surface area contributed by atoms with Crippen LogP contribution >= 0.6 is 0 Å². The summed E-state index contributed by atoms with van der Waals surface area (Å²) in [4.78, 5) is 14.4. The number of nitrogens with zero attached hydrogens (tertiary/aromatic N) is 1. The molecule has 1 heterocycles. The van der Waals surface area contributed by atoms with Gasteiger partial charge in [-0.15, -0.1) is 0 Å². The third-order valence-electron chi connectivity index (χ3n) is 4.90. The van der Waals surface area contributed by atoms with Crippen molar-refractivity contribution in [1.82, 2.24) is 4.90 Å². The van der Waals surface area contributed by atoms with Crippen LogP contribution in [0.1, 0.15) is 42.9 Å². The summed E-state index contributed by atoms with van der Waals surface area (Å²) in [5.41, 5.74) is 1.68. The van der Waals surface area contributed by atoms with Gasteiger partial charge in [-0.05, 0) is 36.6 Å². The summed E-state index contributed by atoms with van der Waals surface area (Å²) in [5, 5.41) is 10.2. The highest BCUT2D eigenvalue weighted by molar-refractivity contribution is 5.77. The van der Waals surface area contributed by atoms with E-state index >= 15 is 0 Å². The molecule has 126 valence electrons. The van der Waals surface area contributed by atoms with Crippen LogP contribution in [0.15, 0.2) is 54.6 Å². The Morgan fingerprint density at radius 3 is 2.71 bits per heavy atom. The molecule has 1 amide bonds. The van der Waals surface area contributed by atoms with Crippen molar-refractivity contribution in [2.45, 2.75) is 37.8 Å². The molecule has 3 atom stereocenters. The van der Waals surface area contributed by atoms with E-state index in [4.69, 9.17) is 0 Å². The van der Waals surface area contributed by atoms with Crippen molar-refractivity contribution in [2.24, 2.45) is 0 Å². The number of likely N-dealkylation sites (tertiary alicyclic amines) is 1. The fourth-order valence-electron chi connectivity index (χ4n) is 3.55. The van der Waals surface area contributed by atoms with Crippen LogP contribution in [-0.4, -0.2) is 28.5 Å². The number of carbonyl (C=O) groups excluding carboxylic acids is 1. The van der Waals surface area contributed by atoms with Crippen LogP contribution in [0.2, 0.25) is 0 Å². The minimum absolute atomic E-state index is 0.0185. The summed E-state index contributed by atoms with van der Waals surface area (Å²) in [6, 6.07) is 16.1. The van der Waals surface area contributed by atoms with Gasteiger partial charge in [-0.1, -0.05) is 42.5 Å². The number of halogens is 1. The first kappa shape index (κ1) is 16.7. The molecule has 3 rings (SSSR count). The number of hydrogen-bond acceptors (Lipinski definition) is 2. The zero-order valence-corrected chi connectivity index (χ0v) is 13.7. The van der Waals surface area contributed by atoms with Gasteiger partial charge in [0.25, 0.3) is 0 Å². The second-order valence-electron chi connectivity index (χ2n) is 6.41. The van der Waals surface area contributed by atoms with Gasteiger partial charge in [0, 0.05) is 18.5 Å². The fraction of sp³-hybridized carbons (Fsp3) is 0.350. The van der Waals surface area contributed by atoms with Gasteiger partial charge in [0.15, 0.2) is 0 Å². The average Bonchev–Trinajstić information content (AvgIpc) is 2.97. The Hall–Kier alpha value is -2.20. The predicted octanol–water partition coefficient (Wildman–Crippen LogP) is 3.65. The minimum atomic E-state index is -0.976. The molecule has 2 aromatic carbocycles. The van der Waals surface area contributed by atoms with Crippen LogP contribution in [0.3, 0.4) is 0 Å². The maximum absolute atomic E-state index is 13.3. The lowest BCUT2D eigenvalue weighted by atomic mass is 9.93. The Morgan fingerprint density at radius 2 is 2.00 bits per heavy atom. The van der Waals surface area contributed by atoms with Crippen molar-refractivity contribution in [3.05, 3.63) is 71.5 Å². The SMILES string of the molecule is CC1C(c2ccccc2)CCN1C(=O)CC(O)c1cccc(F)c1. The van der Waals surface area contributed by atoms with E-state index < -0.39 is 11.9 Å². The molecule has 0 saturated carbocycles. The largest absolute Gasteiger partial charge is 0.388 e. The lowest BCUT2D eigenvalue weighted by Gasteiger charge is -2.26. The van der Waals surface area contributed by atoms with Gasteiger partial charge in [0.2, 0.25) is 5.91 Å². The number of rotatable bonds is 4. The molecule has 1 N–H and O–H groups in total. The summed E-state index contributed by atoms with van der Waals surface area (Å²) in [5.74, 6) is -0.170. The molecular weight excluding hydrogens is 305 g/mol. The van der Waals surface area contributed by atoms with Crippen molar-refractivity contribution < 1.29 is 14.3 Å². The van der Waals surface area contributed by atoms with Crippen LogP contribution in [0.4, 0.5) is 4.39 Å². The van der Waals surface area contributed by atoms with E-state index in [0.29, 0.717) is 18.0 Å². The van der Waals surface area contributed by atoms with Crippen LogP contribution < -0.4 is 0 Å². The van der Waals surface area contributed by atoms with Crippen LogP contribution in [0.5, 0.6) is 0 Å². The van der Waals surface area contributed by atoms with E-state index in [-0.39, 0.29) is 18.4 Å². The monoisotopic (exact) mass is 327 g/mol. The lowest BCUT2D eigenvalue weighted by Crippen LogP contribution is -2.36. The summed E-state index contributed by atoms with van der Waals surface area (Å²) in [6.45, 7) is 2.74. The molecule has 24 heavy (non-hydrogen) atoms. The summed E-state index contributed by atoms with van der Waals surface area (Å²) in [7, 11) is 0. The van der Waals surface area contributed by atoms with Gasteiger partial charge in [-0.2, -0.15) is 0 Å². The van der Waals surface area contributed by atoms with E-state index in [9.17, 15) is 14.3 Å². The highest BCUT2D eigenvalue weighted by atomic mass is 19.1. The molecule has 3 unspecified atom stereocenters. The van der Waals surface area contributed by atoms with Crippen molar-refractivity contribution >= 4 is 5.91 Å². The normalized spacial score (nSPS) is 21.7. The second-order valence-corrected chi connectivity index (χ2v) is 6.41. The standard InChI is InChI=1S/C20H22FNO2/c1-14-18(15-6-3-2-4-7-15)10-11-22(14)20(24)13-19(23)16-8-5-9-17(21)12-16/h2-9,12,14,18-19,23H,10-11,13H2,1H3. The smallest absolute Gasteiger partial charge is 0.225 e. The summed E-state index contributed by atoms with van der Waals surface area (Å²) in [6.07, 6.45) is -0.0707. The molecule has 1 fully saturated rings. The van der Waals surface area contributed by atoms with Gasteiger partial charge in [0.1, 0.15) is 5.82 Å². The average molecular weight is 327 g/mol. The molecule has 0 radical (unpaired) electrons. The van der Waals surface area contributed by atoms with Gasteiger partial charge in [-0.25, -0.2) is 4.39 Å². The Labute approximate surface area is 141 Å². The Kier molecular flexibility index (Phi) is 4.95. The minimum Gasteiger partial charge on any atom is -0.388 e. The maximum atomic E-state index is 13.3.